The number of fused-ring (bicyclic) bond motifs is 1. The fraction of sp³-hybridized carbons (Fsp3) is 0.647. The molecule has 0 N–H and O–H groups in total. The van der Waals surface area contributed by atoms with Gasteiger partial charge >= 0.3 is 0 Å². The highest BCUT2D eigenvalue weighted by Crippen LogP contribution is 2.40. The van der Waals surface area contributed by atoms with Crippen LogP contribution in [0.5, 0.6) is 11.5 Å². The largest absolute Gasteiger partial charge is 0.449 e. The SMILES string of the molecule is CCN(CC)CCN(C)CCC1(C)Oc2ccccc2O1. The summed E-state index contributed by atoms with van der Waals surface area (Å²) in [5.74, 6) is 1.17. The first-order valence-corrected chi connectivity index (χ1v) is 7.94. The van der Waals surface area contributed by atoms with Crippen LogP contribution in [-0.2, 0) is 0 Å². The van der Waals surface area contributed by atoms with Gasteiger partial charge < -0.3 is 19.3 Å². The predicted molar refractivity (Wildman–Crippen MR) is 86.0 cm³/mol. The van der Waals surface area contributed by atoms with E-state index in [2.05, 4.69) is 30.7 Å². The standard InChI is InChI=1S/C17H28N2O2/c1-5-19(6-2)14-13-18(4)12-11-17(3)20-15-9-7-8-10-16(15)21-17/h7-10H,5-6,11-14H2,1-4H3. The Balaban J connectivity index is 1.76. The zero-order valence-electron chi connectivity index (χ0n) is 13.8. The second-order valence-corrected chi connectivity index (χ2v) is 5.86. The molecule has 1 aromatic rings. The topological polar surface area (TPSA) is 24.9 Å². The van der Waals surface area contributed by atoms with Gasteiger partial charge in [0, 0.05) is 33.0 Å². The van der Waals surface area contributed by atoms with Crippen LogP contribution in [0.3, 0.4) is 0 Å². The number of likely N-dealkylation sites (N-methyl/N-ethyl adjacent to an activating group) is 2. The van der Waals surface area contributed by atoms with Gasteiger partial charge in [0.05, 0.1) is 0 Å². The summed E-state index contributed by atoms with van der Waals surface area (Å²) in [6, 6.07) is 7.88. The molecule has 21 heavy (non-hydrogen) atoms. The molecule has 1 aliphatic heterocycles. The van der Waals surface area contributed by atoms with E-state index in [1.54, 1.807) is 0 Å². The van der Waals surface area contributed by atoms with Gasteiger partial charge in [0.2, 0.25) is 5.79 Å². The lowest BCUT2D eigenvalue weighted by Gasteiger charge is -2.27. The van der Waals surface area contributed by atoms with E-state index in [-0.39, 0.29) is 0 Å². The molecule has 0 aliphatic carbocycles. The number of hydrogen-bond donors (Lipinski definition) is 0. The molecule has 0 saturated carbocycles. The molecule has 1 aliphatic rings. The van der Waals surface area contributed by atoms with E-state index in [1.807, 2.05) is 31.2 Å². The zero-order valence-corrected chi connectivity index (χ0v) is 13.8. The Morgan fingerprint density at radius 1 is 0.952 bits per heavy atom. The Morgan fingerprint density at radius 2 is 1.52 bits per heavy atom. The van der Waals surface area contributed by atoms with E-state index in [9.17, 15) is 0 Å². The van der Waals surface area contributed by atoms with Gasteiger partial charge in [-0.1, -0.05) is 26.0 Å². The minimum atomic E-state index is -0.535. The van der Waals surface area contributed by atoms with Gasteiger partial charge in [-0.2, -0.15) is 0 Å². The van der Waals surface area contributed by atoms with Crippen LogP contribution in [0.15, 0.2) is 24.3 Å². The summed E-state index contributed by atoms with van der Waals surface area (Å²) in [5, 5.41) is 0. The zero-order chi connectivity index (χ0) is 15.3. The minimum absolute atomic E-state index is 0.535. The first kappa shape index (κ1) is 16.1. The summed E-state index contributed by atoms with van der Waals surface area (Å²) < 4.78 is 11.9. The number of para-hydroxylation sites is 2. The van der Waals surface area contributed by atoms with Gasteiger partial charge in [0.15, 0.2) is 11.5 Å². The first-order valence-electron chi connectivity index (χ1n) is 7.94. The lowest BCUT2D eigenvalue weighted by Crippen LogP contribution is -2.40. The van der Waals surface area contributed by atoms with E-state index in [0.717, 1.165) is 50.6 Å². The number of nitrogens with zero attached hydrogens (tertiary/aromatic N) is 2. The molecule has 4 nitrogen and oxygen atoms in total. The van der Waals surface area contributed by atoms with E-state index in [0.29, 0.717) is 0 Å². The third kappa shape index (κ3) is 4.35. The molecule has 0 spiro atoms. The van der Waals surface area contributed by atoms with Gasteiger partial charge in [-0.25, -0.2) is 0 Å². The highest BCUT2D eigenvalue weighted by Gasteiger charge is 2.36. The molecular weight excluding hydrogens is 264 g/mol. The van der Waals surface area contributed by atoms with Crippen LogP contribution in [0.4, 0.5) is 0 Å². The Kier molecular flexibility index (Phi) is 5.48. The maximum Gasteiger partial charge on any atom is 0.250 e. The summed E-state index contributed by atoms with van der Waals surface area (Å²) in [4.78, 5) is 4.79. The normalized spacial score (nSPS) is 15.9. The van der Waals surface area contributed by atoms with Gasteiger partial charge in [-0.15, -0.1) is 0 Å². The average Bonchev–Trinajstić information content (AvgIpc) is 2.83. The van der Waals surface area contributed by atoms with Crippen LogP contribution in [-0.4, -0.2) is 55.4 Å². The summed E-state index contributed by atoms with van der Waals surface area (Å²) in [6.07, 6.45) is 0.858. The van der Waals surface area contributed by atoms with Crippen molar-refractivity contribution in [2.45, 2.75) is 33.0 Å². The number of benzene rings is 1. The second-order valence-electron chi connectivity index (χ2n) is 5.86. The van der Waals surface area contributed by atoms with E-state index >= 15 is 0 Å². The Bertz CT molecular complexity index is 421. The van der Waals surface area contributed by atoms with Crippen molar-refractivity contribution in [1.29, 1.82) is 0 Å². The highest BCUT2D eigenvalue weighted by atomic mass is 16.7. The maximum absolute atomic E-state index is 5.95. The molecule has 1 aromatic carbocycles. The summed E-state index contributed by atoms with van der Waals surface area (Å²) >= 11 is 0. The first-order chi connectivity index (χ1) is 10.1. The summed E-state index contributed by atoms with van der Waals surface area (Å²) in [6.45, 7) is 11.8. The number of rotatable bonds is 8. The van der Waals surface area contributed by atoms with Crippen molar-refractivity contribution in [3.05, 3.63) is 24.3 Å². The Labute approximate surface area is 128 Å². The van der Waals surface area contributed by atoms with Crippen molar-refractivity contribution in [3.8, 4) is 11.5 Å². The predicted octanol–water partition coefficient (Wildman–Crippen LogP) is 2.84. The average molecular weight is 292 g/mol. The number of hydrogen-bond acceptors (Lipinski definition) is 4. The van der Waals surface area contributed by atoms with Gasteiger partial charge in [0.25, 0.3) is 0 Å². The van der Waals surface area contributed by atoms with Crippen molar-refractivity contribution in [2.75, 3.05) is 39.8 Å². The molecular formula is C17H28N2O2. The molecule has 0 fully saturated rings. The van der Waals surface area contributed by atoms with Gasteiger partial charge in [-0.05, 0) is 32.3 Å². The van der Waals surface area contributed by atoms with E-state index in [4.69, 9.17) is 9.47 Å². The van der Waals surface area contributed by atoms with Gasteiger partial charge in [0.1, 0.15) is 0 Å². The Hall–Kier alpha value is -1.26. The van der Waals surface area contributed by atoms with Crippen molar-refractivity contribution in [2.24, 2.45) is 0 Å². The van der Waals surface area contributed by atoms with Crippen LogP contribution in [0, 0.1) is 0 Å². The molecule has 0 unspecified atom stereocenters. The van der Waals surface area contributed by atoms with Crippen molar-refractivity contribution >= 4 is 0 Å². The van der Waals surface area contributed by atoms with Crippen molar-refractivity contribution < 1.29 is 9.47 Å². The minimum Gasteiger partial charge on any atom is -0.449 e. The lowest BCUT2D eigenvalue weighted by atomic mass is 10.2. The van der Waals surface area contributed by atoms with Crippen molar-refractivity contribution in [3.63, 3.8) is 0 Å². The Morgan fingerprint density at radius 3 is 2.05 bits per heavy atom. The quantitative estimate of drug-likeness (QED) is 0.735. The van der Waals surface area contributed by atoms with Crippen LogP contribution >= 0.6 is 0 Å². The molecule has 0 saturated heterocycles. The number of ether oxygens (including phenoxy) is 2. The lowest BCUT2D eigenvalue weighted by molar-refractivity contribution is -0.0724. The van der Waals surface area contributed by atoms with Crippen LogP contribution in [0.2, 0.25) is 0 Å². The summed E-state index contributed by atoms with van der Waals surface area (Å²) in [5.41, 5.74) is 0. The van der Waals surface area contributed by atoms with Crippen LogP contribution in [0.25, 0.3) is 0 Å². The second kappa shape index (κ2) is 7.14. The van der Waals surface area contributed by atoms with E-state index in [1.165, 1.54) is 0 Å². The molecule has 0 aromatic heterocycles. The fourth-order valence-corrected chi connectivity index (χ4v) is 2.56. The fourth-order valence-electron chi connectivity index (χ4n) is 2.56. The molecule has 118 valence electrons. The van der Waals surface area contributed by atoms with Crippen molar-refractivity contribution in [1.82, 2.24) is 9.80 Å². The third-order valence-corrected chi connectivity index (χ3v) is 4.14. The maximum atomic E-state index is 5.95. The molecule has 1 heterocycles. The third-order valence-electron chi connectivity index (χ3n) is 4.14. The highest BCUT2D eigenvalue weighted by molar-refractivity contribution is 5.42. The van der Waals surface area contributed by atoms with Crippen LogP contribution in [0.1, 0.15) is 27.2 Å². The van der Waals surface area contributed by atoms with Gasteiger partial charge in [-0.3, -0.25) is 0 Å². The molecule has 0 amide bonds. The monoisotopic (exact) mass is 292 g/mol. The molecule has 0 radical (unpaired) electrons. The molecule has 2 rings (SSSR count). The molecule has 0 atom stereocenters. The smallest absolute Gasteiger partial charge is 0.250 e. The molecule has 0 bridgehead atoms. The van der Waals surface area contributed by atoms with Crippen LogP contribution < -0.4 is 9.47 Å². The van der Waals surface area contributed by atoms with E-state index < -0.39 is 5.79 Å². The summed E-state index contributed by atoms with van der Waals surface area (Å²) in [7, 11) is 2.16. The molecule has 4 heteroatoms.